The molecule has 0 spiro atoms. The van der Waals surface area contributed by atoms with Gasteiger partial charge in [0, 0.05) is 6.54 Å². The molecule has 4 heteroatoms. The van der Waals surface area contributed by atoms with E-state index in [0.717, 1.165) is 18.9 Å². The Bertz CT molecular complexity index is 313. The number of hydrogen-bond donors (Lipinski definition) is 1. The molecule has 0 aromatic carbocycles. The van der Waals surface area contributed by atoms with E-state index in [1.54, 1.807) is 0 Å². The van der Waals surface area contributed by atoms with Crippen molar-refractivity contribution in [2.24, 2.45) is 11.8 Å². The van der Waals surface area contributed by atoms with Gasteiger partial charge < -0.3 is 5.32 Å². The Morgan fingerprint density at radius 2 is 2.12 bits per heavy atom. The average Bonchev–Trinajstić information content (AvgIpc) is 3.10. The van der Waals surface area contributed by atoms with Crippen LogP contribution in [0.4, 0.5) is 0 Å². The van der Waals surface area contributed by atoms with E-state index in [9.17, 15) is 9.59 Å². The second kappa shape index (κ2) is 5.17. The minimum atomic E-state index is -0.268. The third-order valence-electron chi connectivity index (χ3n) is 3.80. The molecule has 0 aromatic heterocycles. The molecular weight excluding hydrogens is 216 g/mol. The Labute approximate surface area is 103 Å². The normalized spacial score (nSPS) is 26.7. The maximum atomic E-state index is 11.9. The largest absolute Gasteiger partial charge is 0.305 e. The van der Waals surface area contributed by atoms with Gasteiger partial charge in [0.25, 0.3) is 0 Å². The molecule has 1 saturated heterocycles. The summed E-state index contributed by atoms with van der Waals surface area (Å²) in [7, 11) is 0. The van der Waals surface area contributed by atoms with E-state index in [2.05, 4.69) is 12.2 Å². The van der Waals surface area contributed by atoms with Crippen LogP contribution in [0.3, 0.4) is 0 Å². The summed E-state index contributed by atoms with van der Waals surface area (Å²) in [6, 6.07) is -0.268. The lowest BCUT2D eigenvalue weighted by Crippen LogP contribution is -2.40. The van der Waals surface area contributed by atoms with Gasteiger partial charge in [-0.05, 0) is 37.6 Å². The zero-order valence-electron chi connectivity index (χ0n) is 10.7. The predicted molar refractivity (Wildman–Crippen MR) is 65.3 cm³/mol. The number of likely N-dealkylation sites (tertiary alicyclic amines) is 1. The van der Waals surface area contributed by atoms with Crippen LogP contribution >= 0.6 is 0 Å². The maximum absolute atomic E-state index is 11.9. The van der Waals surface area contributed by atoms with Gasteiger partial charge in [0.2, 0.25) is 11.8 Å². The molecule has 1 saturated carbocycles. The van der Waals surface area contributed by atoms with Crippen molar-refractivity contribution in [1.82, 2.24) is 10.2 Å². The highest BCUT2D eigenvalue weighted by atomic mass is 16.2. The second-order valence-corrected chi connectivity index (χ2v) is 5.36. The first kappa shape index (κ1) is 12.6. The van der Waals surface area contributed by atoms with Gasteiger partial charge in [0.1, 0.15) is 0 Å². The lowest BCUT2D eigenvalue weighted by atomic mass is 10.1. The van der Waals surface area contributed by atoms with E-state index in [1.807, 2.05) is 6.92 Å². The Morgan fingerprint density at radius 3 is 2.71 bits per heavy atom. The van der Waals surface area contributed by atoms with Crippen molar-refractivity contribution in [2.45, 2.75) is 45.6 Å². The SMILES string of the molecule is CCCN1C(=O)CC(NCC(C)C2CC2)C1=O. The molecule has 2 fully saturated rings. The number of nitrogens with zero attached hydrogens (tertiary/aromatic N) is 1. The van der Waals surface area contributed by atoms with Gasteiger partial charge >= 0.3 is 0 Å². The number of imide groups is 1. The molecule has 17 heavy (non-hydrogen) atoms. The molecule has 96 valence electrons. The van der Waals surface area contributed by atoms with E-state index in [4.69, 9.17) is 0 Å². The molecule has 2 atom stereocenters. The van der Waals surface area contributed by atoms with Crippen LogP contribution in [0.15, 0.2) is 0 Å². The third-order valence-corrected chi connectivity index (χ3v) is 3.80. The van der Waals surface area contributed by atoms with Crippen molar-refractivity contribution in [1.29, 1.82) is 0 Å². The first-order valence-electron chi connectivity index (χ1n) is 6.71. The summed E-state index contributed by atoms with van der Waals surface area (Å²) >= 11 is 0. The molecule has 2 rings (SSSR count). The van der Waals surface area contributed by atoms with Crippen LogP contribution < -0.4 is 5.32 Å². The Kier molecular flexibility index (Phi) is 3.82. The monoisotopic (exact) mass is 238 g/mol. The van der Waals surface area contributed by atoms with E-state index in [0.29, 0.717) is 18.9 Å². The molecule has 0 radical (unpaired) electrons. The minimum absolute atomic E-state index is 0.0200. The topological polar surface area (TPSA) is 49.4 Å². The summed E-state index contributed by atoms with van der Waals surface area (Å²) in [6.07, 6.45) is 3.82. The van der Waals surface area contributed by atoms with Crippen LogP contribution in [0, 0.1) is 11.8 Å². The van der Waals surface area contributed by atoms with Crippen LogP contribution in [0.2, 0.25) is 0 Å². The first-order chi connectivity index (χ1) is 8.13. The van der Waals surface area contributed by atoms with Crippen molar-refractivity contribution < 1.29 is 9.59 Å². The molecule has 1 aliphatic carbocycles. The zero-order chi connectivity index (χ0) is 12.4. The summed E-state index contributed by atoms with van der Waals surface area (Å²) in [5.74, 6) is 1.41. The Morgan fingerprint density at radius 1 is 1.41 bits per heavy atom. The van der Waals surface area contributed by atoms with E-state index in [-0.39, 0.29) is 17.9 Å². The fourth-order valence-corrected chi connectivity index (χ4v) is 2.46. The van der Waals surface area contributed by atoms with Crippen molar-refractivity contribution >= 4 is 11.8 Å². The lowest BCUT2D eigenvalue weighted by molar-refractivity contribution is -0.138. The molecular formula is C13H22N2O2. The standard InChI is InChI=1S/C13H22N2O2/c1-3-6-15-12(16)7-11(13(15)17)14-8-9(2)10-4-5-10/h9-11,14H,3-8H2,1-2H3. The van der Waals surface area contributed by atoms with E-state index in [1.165, 1.54) is 17.7 Å². The lowest BCUT2D eigenvalue weighted by Gasteiger charge is -2.16. The number of carbonyl (C=O) groups is 2. The van der Waals surface area contributed by atoms with Gasteiger partial charge in [-0.25, -0.2) is 0 Å². The van der Waals surface area contributed by atoms with Crippen molar-refractivity contribution in [3.05, 3.63) is 0 Å². The van der Waals surface area contributed by atoms with Gasteiger partial charge in [0.15, 0.2) is 0 Å². The molecule has 4 nitrogen and oxygen atoms in total. The number of rotatable bonds is 6. The highest BCUT2D eigenvalue weighted by Gasteiger charge is 2.38. The third kappa shape index (κ3) is 2.86. The molecule has 2 aliphatic rings. The summed E-state index contributed by atoms with van der Waals surface area (Å²) in [6.45, 7) is 5.62. The molecule has 0 aromatic rings. The smallest absolute Gasteiger partial charge is 0.246 e. The van der Waals surface area contributed by atoms with Gasteiger partial charge in [-0.1, -0.05) is 13.8 Å². The number of carbonyl (C=O) groups excluding carboxylic acids is 2. The van der Waals surface area contributed by atoms with Crippen LogP contribution in [0.25, 0.3) is 0 Å². The fraction of sp³-hybridized carbons (Fsp3) is 0.846. The van der Waals surface area contributed by atoms with E-state index >= 15 is 0 Å². The van der Waals surface area contributed by atoms with Crippen LogP contribution in [0.1, 0.15) is 39.5 Å². The average molecular weight is 238 g/mol. The van der Waals surface area contributed by atoms with Gasteiger partial charge in [-0.15, -0.1) is 0 Å². The zero-order valence-corrected chi connectivity index (χ0v) is 10.7. The number of nitrogens with one attached hydrogen (secondary N) is 1. The predicted octanol–water partition coefficient (Wildman–Crippen LogP) is 1.16. The number of hydrogen-bond acceptors (Lipinski definition) is 3. The van der Waals surface area contributed by atoms with Crippen molar-refractivity contribution in [2.75, 3.05) is 13.1 Å². The van der Waals surface area contributed by atoms with Gasteiger partial charge in [-0.2, -0.15) is 0 Å². The Balaban J connectivity index is 1.81. The maximum Gasteiger partial charge on any atom is 0.246 e. The van der Waals surface area contributed by atoms with Crippen LogP contribution in [0.5, 0.6) is 0 Å². The fourth-order valence-electron chi connectivity index (χ4n) is 2.46. The first-order valence-corrected chi connectivity index (χ1v) is 6.71. The molecule has 1 aliphatic heterocycles. The minimum Gasteiger partial charge on any atom is -0.305 e. The van der Waals surface area contributed by atoms with Crippen molar-refractivity contribution in [3.63, 3.8) is 0 Å². The highest BCUT2D eigenvalue weighted by molar-refractivity contribution is 6.05. The quantitative estimate of drug-likeness (QED) is 0.706. The number of amides is 2. The Hall–Kier alpha value is -0.900. The summed E-state index contributed by atoms with van der Waals surface area (Å²) in [5, 5.41) is 3.26. The van der Waals surface area contributed by atoms with Crippen LogP contribution in [-0.2, 0) is 9.59 Å². The summed E-state index contributed by atoms with van der Waals surface area (Å²) in [4.78, 5) is 25.0. The highest BCUT2D eigenvalue weighted by Crippen LogP contribution is 2.36. The van der Waals surface area contributed by atoms with E-state index < -0.39 is 0 Å². The van der Waals surface area contributed by atoms with Gasteiger partial charge in [0.05, 0.1) is 12.5 Å². The summed E-state index contributed by atoms with van der Waals surface area (Å²) in [5.41, 5.74) is 0. The molecule has 2 unspecified atom stereocenters. The van der Waals surface area contributed by atoms with Crippen molar-refractivity contribution in [3.8, 4) is 0 Å². The van der Waals surface area contributed by atoms with Crippen LogP contribution in [-0.4, -0.2) is 35.8 Å². The molecule has 1 N–H and O–H groups in total. The molecule has 2 amide bonds. The molecule has 1 heterocycles. The molecule has 0 bridgehead atoms. The second-order valence-electron chi connectivity index (χ2n) is 5.36. The van der Waals surface area contributed by atoms with Gasteiger partial charge in [-0.3, -0.25) is 14.5 Å². The summed E-state index contributed by atoms with van der Waals surface area (Å²) < 4.78 is 0.